The number of rotatable bonds is 6. The molecule has 6 heteroatoms. The van der Waals surface area contributed by atoms with Crippen LogP contribution in [0.4, 0.5) is 5.69 Å². The van der Waals surface area contributed by atoms with E-state index in [0.717, 1.165) is 22.7 Å². The first-order valence-electron chi connectivity index (χ1n) is 8.67. The number of carbonyl (C=O) groups is 2. The van der Waals surface area contributed by atoms with Crippen molar-refractivity contribution in [2.45, 2.75) is 27.3 Å². The van der Waals surface area contributed by atoms with E-state index >= 15 is 0 Å². The SMILES string of the molecule is Cc1ccc(NC(=O)COC(=O)c2cc(C)n(Cc3ccco3)c2C)cc1. The number of esters is 1. The van der Waals surface area contributed by atoms with Gasteiger partial charge in [-0.25, -0.2) is 4.79 Å². The quantitative estimate of drug-likeness (QED) is 0.673. The number of benzene rings is 1. The van der Waals surface area contributed by atoms with Gasteiger partial charge in [-0.2, -0.15) is 0 Å². The summed E-state index contributed by atoms with van der Waals surface area (Å²) in [7, 11) is 0. The van der Waals surface area contributed by atoms with Crippen molar-refractivity contribution in [2.75, 3.05) is 11.9 Å². The van der Waals surface area contributed by atoms with E-state index < -0.39 is 5.97 Å². The molecule has 0 spiro atoms. The third-order valence-electron chi connectivity index (χ3n) is 4.36. The molecule has 0 saturated carbocycles. The summed E-state index contributed by atoms with van der Waals surface area (Å²) in [6.45, 7) is 5.92. The van der Waals surface area contributed by atoms with Crippen molar-refractivity contribution in [2.24, 2.45) is 0 Å². The van der Waals surface area contributed by atoms with Crippen molar-refractivity contribution in [3.63, 3.8) is 0 Å². The molecule has 0 unspecified atom stereocenters. The van der Waals surface area contributed by atoms with Crippen LogP contribution in [0.25, 0.3) is 0 Å². The van der Waals surface area contributed by atoms with Gasteiger partial charge in [0.05, 0.1) is 18.4 Å². The van der Waals surface area contributed by atoms with Gasteiger partial charge in [0.1, 0.15) is 5.76 Å². The number of hydrogen-bond acceptors (Lipinski definition) is 4. The average molecular weight is 366 g/mol. The van der Waals surface area contributed by atoms with E-state index in [1.165, 1.54) is 0 Å². The Kier molecular flexibility index (Phi) is 5.45. The number of ether oxygens (including phenoxy) is 1. The van der Waals surface area contributed by atoms with Crippen LogP contribution in [-0.4, -0.2) is 23.1 Å². The zero-order valence-electron chi connectivity index (χ0n) is 15.6. The smallest absolute Gasteiger partial charge is 0.340 e. The van der Waals surface area contributed by atoms with E-state index in [9.17, 15) is 9.59 Å². The molecule has 3 rings (SSSR count). The Balaban J connectivity index is 1.60. The molecule has 0 saturated heterocycles. The fraction of sp³-hybridized carbons (Fsp3) is 0.238. The minimum Gasteiger partial charge on any atom is -0.467 e. The first kappa shape index (κ1) is 18.5. The molecule has 0 aliphatic rings. The molecule has 0 atom stereocenters. The Labute approximate surface area is 157 Å². The maximum absolute atomic E-state index is 12.4. The molecule has 1 amide bonds. The predicted molar refractivity (Wildman–Crippen MR) is 102 cm³/mol. The van der Waals surface area contributed by atoms with E-state index in [2.05, 4.69) is 5.32 Å². The van der Waals surface area contributed by atoms with Gasteiger partial charge >= 0.3 is 5.97 Å². The minimum absolute atomic E-state index is 0.339. The van der Waals surface area contributed by atoms with Crippen molar-refractivity contribution >= 4 is 17.6 Å². The average Bonchev–Trinajstić information content (AvgIpc) is 3.25. The Morgan fingerprint density at radius 1 is 1.11 bits per heavy atom. The molecule has 0 radical (unpaired) electrons. The predicted octanol–water partition coefficient (Wildman–Crippen LogP) is 3.85. The van der Waals surface area contributed by atoms with Gasteiger partial charge in [0.2, 0.25) is 0 Å². The number of aromatic nitrogens is 1. The zero-order valence-corrected chi connectivity index (χ0v) is 15.6. The maximum atomic E-state index is 12.4. The van der Waals surface area contributed by atoms with Crippen LogP contribution in [-0.2, 0) is 16.1 Å². The number of nitrogens with zero attached hydrogens (tertiary/aromatic N) is 1. The molecular weight excluding hydrogens is 344 g/mol. The number of nitrogens with one attached hydrogen (secondary N) is 1. The highest BCUT2D eigenvalue weighted by Crippen LogP contribution is 2.18. The van der Waals surface area contributed by atoms with Crippen LogP contribution >= 0.6 is 0 Å². The van der Waals surface area contributed by atoms with Gasteiger partial charge in [0.15, 0.2) is 6.61 Å². The van der Waals surface area contributed by atoms with Crippen LogP contribution < -0.4 is 5.32 Å². The maximum Gasteiger partial charge on any atom is 0.340 e. The highest BCUT2D eigenvalue weighted by molar-refractivity contribution is 5.96. The van der Waals surface area contributed by atoms with Crippen molar-refractivity contribution in [1.29, 1.82) is 0 Å². The molecule has 0 fully saturated rings. The normalized spacial score (nSPS) is 10.6. The lowest BCUT2D eigenvalue weighted by atomic mass is 10.2. The summed E-state index contributed by atoms with van der Waals surface area (Å²) in [6.07, 6.45) is 1.62. The number of furan rings is 1. The second-order valence-corrected chi connectivity index (χ2v) is 6.44. The highest BCUT2D eigenvalue weighted by atomic mass is 16.5. The molecule has 0 aliphatic heterocycles. The third-order valence-corrected chi connectivity index (χ3v) is 4.36. The molecule has 1 aromatic carbocycles. The summed E-state index contributed by atoms with van der Waals surface area (Å²) >= 11 is 0. The monoisotopic (exact) mass is 366 g/mol. The molecular formula is C21H22N2O4. The van der Waals surface area contributed by atoms with Gasteiger partial charge < -0.3 is 19.0 Å². The van der Waals surface area contributed by atoms with Crippen molar-refractivity contribution in [3.8, 4) is 0 Å². The summed E-state index contributed by atoms with van der Waals surface area (Å²) in [5.41, 5.74) is 3.90. The van der Waals surface area contributed by atoms with Crippen LogP contribution in [0, 0.1) is 20.8 Å². The summed E-state index contributed by atoms with van der Waals surface area (Å²) in [5.74, 6) is -0.0985. The van der Waals surface area contributed by atoms with Gasteiger partial charge in [0.25, 0.3) is 5.91 Å². The fourth-order valence-electron chi connectivity index (χ4n) is 2.85. The minimum atomic E-state index is -0.521. The van der Waals surface area contributed by atoms with Crippen LogP contribution in [0.1, 0.15) is 33.1 Å². The fourth-order valence-corrected chi connectivity index (χ4v) is 2.85. The van der Waals surface area contributed by atoms with Gasteiger partial charge in [-0.05, 0) is 51.1 Å². The summed E-state index contributed by atoms with van der Waals surface area (Å²) in [4.78, 5) is 24.4. The van der Waals surface area contributed by atoms with E-state index in [-0.39, 0.29) is 12.5 Å². The Morgan fingerprint density at radius 3 is 2.52 bits per heavy atom. The van der Waals surface area contributed by atoms with Gasteiger partial charge in [-0.3, -0.25) is 4.79 Å². The number of aryl methyl sites for hydroxylation is 2. The third kappa shape index (κ3) is 4.47. The largest absolute Gasteiger partial charge is 0.467 e. The lowest BCUT2D eigenvalue weighted by molar-refractivity contribution is -0.119. The first-order valence-corrected chi connectivity index (χ1v) is 8.67. The molecule has 0 aliphatic carbocycles. The van der Waals surface area contributed by atoms with Crippen molar-refractivity contribution in [1.82, 2.24) is 4.57 Å². The molecule has 140 valence electrons. The molecule has 3 aromatic rings. The van der Waals surface area contributed by atoms with E-state index in [4.69, 9.17) is 9.15 Å². The Bertz CT molecular complexity index is 937. The van der Waals surface area contributed by atoms with Crippen LogP contribution in [0.2, 0.25) is 0 Å². The van der Waals surface area contributed by atoms with Gasteiger partial charge in [-0.15, -0.1) is 0 Å². The van der Waals surface area contributed by atoms with Crippen LogP contribution in [0.3, 0.4) is 0 Å². The zero-order chi connectivity index (χ0) is 19.4. The number of hydrogen-bond donors (Lipinski definition) is 1. The topological polar surface area (TPSA) is 73.5 Å². The lowest BCUT2D eigenvalue weighted by Gasteiger charge is -2.09. The summed E-state index contributed by atoms with van der Waals surface area (Å²) < 4.78 is 12.5. The molecule has 1 N–H and O–H groups in total. The van der Waals surface area contributed by atoms with E-state index in [1.54, 1.807) is 24.5 Å². The molecule has 0 bridgehead atoms. The van der Waals surface area contributed by atoms with E-state index in [0.29, 0.717) is 17.8 Å². The van der Waals surface area contributed by atoms with Crippen LogP contribution in [0.15, 0.2) is 53.1 Å². The van der Waals surface area contributed by atoms with Gasteiger partial charge in [0, 0.05) is 17.1 Å². The molecule has 27 heavy (non-hydrogen) atoms. The Morgan fingerprint density at radius 2 is 1.85 bits per heavy atom. The number of carbonyl (C=O) groups excluding carboxylic acids is 2. The number of amides is 1. The summed E-state index contributed by atoms with van der Waals surface area (Å²) in [5, 5.41) is 2.70. The van der Waals surface area contributed by atoms with Crippen molar-refractivity contribution < 1.29 is 18.7 Å². The lowest BCUT2D eigenvalue weighted by Crippen LogP contribution is -2.21. The molecule has 2 heterocycles. The summed E-state index contributed by atoms with van der Waals surface area (Å²) in [6, 6.07) is 12.9. The van der Waals surface area contributed by atoms with E-state index in [1.807, 2.05) is 49.6 Å². The second kappa shape index (κ2) is 7.95. The Hall–Kier alpha value is -3.28. The molecule has 2 aromatic heterocycles. The molecule has 6 nitrogen and oxygen atoms in total. The number of anilines is 1. The second-order valence-electron chi connectivity index (χ2n) is 6.44. The highest BCUT2D eigenvalue weighted by Gasteiger charge is 2.18. The standard InChI is InChI=1S/C21H22N2O4/c1-14-6-8-17(9-7-14)22-20(24)13-27-21(25)19-11-15(2)23(16(19)3)12-18-5-4-10-26-18/h4-11H,12-13H2,1-3H3,(H,22,24). The van der Waals surface area contributed by atoms with Gasteiger partial charge in [-0.1, -0.05) is 17.7 Å². The van der Waals surface area contributed by atoms with Crippen LogP contribution in [0.5, 0.6) is 0 Å². The van der Waals surface area contributed by atoms with Crippen molar-refractivity contribution in [3.05, 3.63) is 77.0 Å². The first-order chi connectivity index (χ1) is 12.9.